The first kappa shape index (κ1) is 24.2. The summed E-state index contributed by atoms with van der Waals surface area (Å²) >= 11 is 0. The maximum absolute atomic E-state index is 13.1. The maximum Gasteiger partial charge on any atom is 0.226 e. The highest BCUT2D eigenvalue weighted by Gasteiger charge is 2.36. The third-order valence-electron chi connectivity index (χ3n) is 9.32. The van der Waals surface area contributed by atoms with E-state index < -0.39 is 0 Å². The number of aliphatic hydroxyl groups excluding tert-OH is 1. The molecule has 2 saturated heterocycles. The van der Waals surface area contributed by atoms with Crippen molar-refractivity contribution in [2.75, 3.05) is 31.5 Å². The maximum atomic E-state index is 13.1. The van der Waals surface area contributed by atoms with Gasteiger partial charge >= 0.3 is 0 Å². The predicted molar refractivity (Wildman–Crippen MR) is 141 cm³/mol. The lowest BCUT2D eigenvalue weighted by atomic mass is 9.88. The van der Waals surface area contributed by atoms with E-state index in [-0.39, 0.29) is 12.0 Å². The Morgan fingerprint density at radius 1 is 1.17 bits per heavy atom. The number of nitrogens with one attached hydrogen (secondary N) is 2. The van der Waals surface area contributed by atoms with Gasteiger partial charge < -0.3 is 25.2 Å². The summed E-state index contributed by atoms with van der Waals surface area (Å²) in [7, 11) is 0. The van der Waals surface area contributed by atoms with Gasteiger partial charge in [0.25, 0.3) is 0 Å². The molecule has 6 rings (SSSR count). The molecule has 4 heterocycles. The summed E-state index contributed by atoms with van der Waals surface area (Å²) in [5.41, 5.74) is 2.37. The van der Waals surface area contributed by atoms with Gasteiger partial charge in [-0.1, -0.05) is 13.3 Å². The van der Waals surface area contributed by atoms with Gasteiger partial charge in [0.2, 0.25) is 11.9 Å². The molecule has 0 radical (unpaired) electrons. The van der Waals surface area contributed by atoms with Crippen LogP contribution in [-0.2, 0) is 4.79 Å². The van der Waals surface area contributed by atoms with Gasteiger partial charge in [0.15, 0.2) is 0 Å². The Kier molecular flexibility index (Phi) is 6.90. The number of rotatable bonds is 6. The molecule has 2 aromatic heterocycles. The summed E-state index contributed by atoms with van der Waals surface area (Å²) in [4.78, 5) is 24.9. The molecule has 0 aromatic carbocycles. The quantitative estimate of drug-likeness (QED) is 0.565. The first-order valence-electron chi connectivity index (χ1n) is 14.4. The highest BCUT2D eigenvalue weighted by Crippen LogP contribution is 2.40. The molecule has 4 aliphatic rings. The average molecular weight is 495 g/mol. The molecule has 8 heteroatoms. The molecule has 2 saturated carbocycles. The van der Waals surface area contributed by atoms with Crippen molar-refractivity contribution in [1.82, 2.24) is 24.8 Å². The Labute approximate surface area is 214 Å². The van der Waals surface area contributed by atoms with Crippen LogP contribution in [-0.4, -0.2) is 68.8 Å². The van der Waals surface area contributed by atoms with Crippen LogP contribution in [0.25, 0.3) is 11.0 Å². The van der Waals surface area contributed by atoms with Crippen molar-refractivity contribution in [2.24, 2.45) is 11.8 Å². The third-order valence-corrected chi connectivity index (χ3v) is 9.32. The van der Waals surface area contributed by atoms with Crippen molar-refractivity contribution >= 4 is 22.9 Å². The van der Waals surface area contributed by atoms with E-state index >= 15 is 0 Å². The van der Waals surface area contributed by atoms with Crippen LogP contribution in [0.3, 0.4) is 0 Å². The fraction of sp³-hybridized carbons (Fsp3) is 0.750. The Balaban J connectivity index is 1.22. The Bertz CT molecular complexity index is 1060. The molecular formula is C28H42N6O2. The molecule has 2 aliphatic heterocycles. The molecule has 0 bridgehead atoms. The van der Waals surface area contributed by atoms with Crippen LogP contribution in [0.2, 0.25) is 0 Å². The van der Waals surface area contributed by atoms with Crippen LogP contribution in [0.4, 0.5) is 5.95 Å². The number of nitrogens with zero attached hydrogens (tertiary/aromatic N) is 4. The summed E-state index contributed by atoms with van der Waals surface area (Å²) < 4.78 is 2.39. The third kappa shape index (κ3) is 4.86. The van der Waals surface area contributed by atoms with E-state index in [9.17, 15) is 9.90 Å². The van der Waals surface area contributed by atoms with Crippen molar-refractivity contribution in [3.05, 3.63) is 18.0 Å². The fourth-order valence-corrected chi connectivity index (χ4v) is 6.84. The van der Waals surface area contributed by atoms with E-state index in [0.717, 1.165) is 100 Å². The summed E-state index contributed by atoms with van der Waals surface area (Å²) in [6.07, 6.45) is 14.4. The fourth-order valence-electron chi connectivity index (χ4n) is 6.84. The van der Waals surface area contributed by atoms with Gasteiger partial charge in [-0.25, -0.2) is 4.98 Å². The number of carbonyl (C=O) groups is 1. The molecule has 3 atom stereocenters. The first-order valence-corrected chi connectivity index (χ1v) is 14.4. The molecule has 2 aromatic rings. The molecule has 4 fully saturated rings. The van der Waals surface area contributed by atoms with Crippen LogP contribution in [0.5, 0.6) is 0 Å². The van der Waals surface area contributed by atoms with Crippen LogP contribution in [0.15, 0.2) is 12.4 Å². The number of hydrogen-bond donors (Lipinski definition) is 3. The first-order chi connectivity index (χ1) is 17.6. The van der Waals surface area contributed by atoms with Crippen LogP contribution >= 0.6 is 0 Å². The minimum atomic E-state index is -0.170. The average Bonchev–Trinajstić information content (AvgIpc) is 3.58. The second-order valence-electron chi connectivity index (χ2n) is 11.7. The van der Waals surface area contributed by atoms with Gasteiger partial charge in [-0.2, -0.15) is 4.98 Å². The van der Waals surface area contributed by atoms with Crippen LogP contribution < -0.4 is 10.6 Å². The summed E-state index contributed by atoms with van der Waals surface area (Å²) in [6, 6.07) is 0.874. The van der Waals surface area contributed by atoms with E-state index in [1.807, 2.05) is 6.20 Å². The second-order valence-corrected chi connectivity index (χ2v) is 11.7. The van der Waals surface area contributed by atoms with E-state index in [4.69, 9.17) is 9.97 Å². The monoisotopic (exact) mass is 494 g/mol. The van der Waals surface area contributed by atoms with Crippen molar-refractivity contribution in [1.29, 1.82) is 0 Å². The number of likely N-dealkylation sites (tertiary alicyclic amines) is 1. The lowest BCUT2D eigenvalue weighted by Gasteiger charge is -2.35. The summed E-state index contributed by atoms with van der Waals surface area (Å²) in [5.74, 6) is 2.40. The molecule has 3 N–H and O–H groups in total. The largest absolute Gasteiger partial charge is 0.393 e. The number of hydrogen-bond acceptors (Lipinski definition) is 6. The highest BCUT2D eigenvalue weighted by atomic mass is 16.3. The zero-order valence-electron chi connectivity index (χ0n) is 21.7. The molecule has 196 valence electrons. The number of amides is 1. The SMILES string of the molecule is CC[C@@H]1C[C@H]1Nc1ncc2c(C3CCN(C(=O)[C@@H]4CCCNC4)CC3)cn(C3CCC(O)CC3)c2n1. The molecule has 0 unspecified atom stereocenters. The Morgan fingerprint density at radius 2 is 1.97 bits per heavy atom. The number of carbonyl (C=O) groups excluding carboxylic acids is 1. The highest BCUT2D eigenvalue weighted by molar-refractivity contribution is 5.82. The molecule has 1 amide bonds. The normalized spacial score (nSPS) is 31.5. The Hall–Kier alpha value is -2.19. The zero-order chi connectivity index (χ0) is 24.6. The van der Waals surface area contributed by atoms with E-state index in [1.165, 1.54) is 18.4 Å². The molecule has 0 spiro atoms. The molecular weight excluding hydrogens is 452 g/mol. The van der Waals surface area contributed by atoms with Crippen molar-refractivity contribution in [3.8, 4) is 0 Å². The van der Waals surface area contributed by atoms with Gasteiger partial charge in [0, 0.05) is 49.5 Å². The van der Waals surface area contributed by atoms with Gasteiger partial charge in [-0.15, -0.1) is 0 Å². The van der Waals surface area contributed by atoms with E-state index in [1.54, 1.807) is 0 Å². The summed E-state index contributed by atoms with van der Waals surface area (Å²) in [6.45, 7) is 5.78. The van der Waals surface area contributed by atoms with Crippen molar-refractivity contribution in [3.63, 3.8) is 0 Å². The van der Waals surface area contributed by atoms with Crippen LogP contribution in [0.1, 0.15) is 88.7 Å². The minimum Gasteiger partial charge on any atom is -0.393 e. The van der Waals surface area contributed by atoms with Crippen molar-refractivity contribution < 1.29 is 9.90 Å². The standard InChI is InChI=1S/C28H42N6O2/c1-2-18-14-25(18)31-28-30-16-23-24(17-34(26(23)32-28)21-5-7-22(35)8-6-21)19-9-12-33(13-10-19)27(36)20-4-3-11-29-15-20/h16-22,25,29,35H,2-15H2,1H3,(H,30,31,32)/t18-,20-,21?,22?,25-/m1/s1. The number of aliphatic hydroxyl groups is 1. The van der Waals surface area contributed by atoms with Gasteiger partial charge in [-0.3, -0.25) is 4.79 Å². The Morgan fingerprint density at radius 3 is 2.67 bits per heavy atom. The van der Waals surface area contributed by atoms with Gasteiger partial charge in [-0.05, 0) is 81.7 Å². The topological polar surface area (TPSA) is 95.3 Å². The second kappa shape index (κ2) is 10.3. The van der Waals surface area contributed by atoms with Crippen molar-refractivity contribution in [2.45, 2.75) is 95.2 Å². The molecule has 8 nitrogen and oxygen atoms in total. The van der Waals surface area contributed by atoms with Gasteiger partial charge in [0.1, 0.15) is 5.65 Å². The summed E-state index contributed by atoms with van der Waals surface area (Å²) in [5, 5.41) is 18.2. The lowest BCUT2D eigenvalue weighted by molar-refractivity contribution is -0.137. The van der Waals surface area contributed by atoms with Crippen LogP contribution in [0, 0.1) is 11.8 Å². The van der Waals surface area contributed by atoms with Gasteiger partial charge in [0.05, 0.1) is 12.0 Å². The number of anilines is 1. The van der Waals surface area contributed by atoms with E-state index in [0.29, 0.717) is 23.9 Å². The minimum absolute atomic E-state index is 0.150. The molecule has 36 heavy (non-hydrogen) atoms. The molecule has 2 aliphatic carbocycles. The smallest absolute Gasteiger partial charge is 0.226 e. The van der Waals surface area contributed by atoms with E-state index in [2.05, 4.69) is 33.2 Å². The predicted octanol–water partition coefficient (Wildman–Crippen LogP) is 3.82. The number of piperidine rings is 2. The zero-order valence-corrected chi connectivity index (χ0v) is 21.7. The number of fused-ring (bicyclic) bond motifs is 1. The lowest BCUT2D eigenvalue weighted by Crippen LogP contribution is -2.45. The number of aromatic nitrogens is 3.